The van der Waals surface area contributed by atoms with Gasteiger partial charge in [-0.25, -0.2) is 4.98 Å². The molecule has 110 valence electrons. The van der Waals surface area contributed by atoms with Crippen LogP contribution in [0.15, 0.2) is 42.9 Å². The van der Waals surface area contributed by atoms with E-state index in [0.29, 0.717) is 18.7 Å². The summed E-state index contributed by atoms with van der Waals surface area (Å²) < 4.78 is 1.70. The molecule has 1 amide bonds. The lowest BCUT2D eigenvalue weighted by molar-refractivity contribution is -0.137. The van der Waals surface area contributed by atoms with E-state index in [1.54, 1.807) is 29.0 Å². The predicted molar refractivity (Wildman–Crippen MR) is 78.2 cm³/mol. The summed E-state index contributed by atoms with van der Waals surface area (Å²) in [4.78, 5) is 28.8. The Morgan fingerprint density at radius 3 is 2.57 bits per heavy atom. The molecule has 21 heavy (non-hydrogen) atoms. The van der Waals surface area contributed by atoms with Gasteiger partial charge in [0.1, 0.15) is 5.69 Å². The summed E-state index contributed by atoms with van der Waals surface area (Å²) in [6, 6.07) is 9.18. The van der Waals surface area contributed by atoms with Crippen molar-refractivity contribution < 1.29 is 14.7 Å². The molecule has 1 N–H and O–H groups in total. The third-order valence-corrected chi connectivity index (χ3v) is 3.01. The summed E-state index contributed by atoms with van der Waals surface area (Å²) in [6.45, 7) is 0.339. The van der Waals surface area contributed by atoms with E-state index >= 15 is 0 Å². The number of hydrogen-bond acceptors (Lipinski definition) is 3. The van der Waals surface area contributed by atoms with E-state index < -0.39 is 5.97 Å². The van der Waals surface area contributed by atoms with Gasteiger partial charge >= 0.3 is 5.97 Å². The molecule has 1 aromatic carbocycles. The standard InChI is InChI=1S/C15H17N3O3/c1-17-10-13(16-11-17)15(21)18(9-5-8-14(19)20)12-6-3-2-4-7-12/h2-4,6-7,10-11H,5,8-9H2,1H3,(H,19,20). The molecule has 6 heteroatoms. The first kappa shape index (κ1) is 14.8. The van der Waals surface area contributed by atoms with E-state index in [1.165, 1.54) is 0 Å². The number of carbonyl (C=O) groups excluding carboxylic acids is 1. The molecule has 0 fully saturated rings. The highest BCUT2D eigenvalue weighted by atomic mass is 16.4. The third kappa shape index (κ3) is 3.92. The quantitative estimate of drug-likeness (QED) is 0.881. The van der Waals surface area contributed by atoms with Crippen LogP contribution in [0, 0.1) is 0 Å². The summed E-state index contributed by atoms with van der Waals surface area (Å²) in [5.41, 5.74) is 1.08. The zero-order valence-electron chi connectivity index (χ0n) is 11.8. The molecule has 0 saturated carbocycles. The Bertz CT molecular complexity index is 622. The number of nitrogens with zero attached hydrogens (tertiary/aromatic N) is 3. The van der Waals surface area contributed by atoms with Gasteiger partial charge in [0.05, 0.1) is 6.33 Å². The van der Waals surface area contributed by atoms with Crippen LogP contribution in [0.2, 0.25) is 0 Å². The van der Waals surface area contributed by atoms with Crippen LogP contribution in [0.5, 0.6) is 0 Å². The Kier molecular flexibility index (Phi) is 4.71. The number of anilines is 1. The summed E-state index contributed by atoms with van der Waals surface area (Å²) in [5, 5.41) is 8.74. The zero-order valence-corrected chi connectivity index (χ0v) is 11.8. The molecule has 0 aliphatic heterocycles. The van der Waals surface area contributed by atoms with E-state index in [2.05, 4.69) is 4.98 Å². The molecule has 6 nitrogen and oxygen atoms in total. The van der Waals surface area contributed by atoms with Crippen molar-refractivity contribution in [1.29, 1.82) is 0 Å². The first-order valence-corrected chi connectivity index (χ1v) is 6.64. The minimum Gasteiger partial charge on any atom is -0.481 e. The van der Waals surface area contributed by atoms with Crippen molar-refractivity contribution in [3.8, 4) is 0 Å². The van der Waals surface area contributed by atoms with Gasteiger partial charge in [0.2, 0.25) is 0 Å². The fourth-order valence-corrected chi connectivity index (χ4v) is 2.01. The van der Waals surface area contributed by atoms with Crippen molar-refractivity contribution in [2.24, 2.45) is 7.05 Å². The second-order valence-corrected chi connectivity index (χ2v) is 4.71. The van der Waals surface area contributed by atoms with Gasteiger partial charge in [-0.2, -0.15) is 0 Å². The van der Waals surface area contributed by atoms with Crippen LogP contribution in [0.1, 0.15) is 23.3 Å². The molecule has 2 rings (SSSR count). The first-order chi connectivity index (χ1) is 10.1. The number of para-hydroxylation sites is 1. The largest absolute Gasteiger partial charge is 0.481 e. The fourth-order valence-electron chi connectivity index (χ4n) is 2.01. The Labute approximate surface area is 122 Å². The number of carboxylic acids is 1. The highest BCUT2D eigenvalue weighted by molar-refractivity contribution is 6.04. The molecule has 0 radical (unpaired) electrons. The van der Waals surface area contributed by atoms with E-state index in [9.17, 15) is 9.59 Å². The number of aromatic nitrogens is 2. The SMILES string of the molecule is Cn1cnc(C(=O)N(CCCC(=O)O)c2ccccc2)c1. The van der Waals surface area contributed by atoms with Gasteiger partial charge in [0.15, 0.2) is 0 Å². The Morgan fingerprint density at radius 1 is 1.29 bits per heavy atom. The highest BCUT2D eigenvalue weighted by Crippen LogP contribution is 2.17. The van der Waals surface area contributed by atoms with Crippen LogP contribution in [0.3, 0.4) is 0 Å². The lowest BCUT2D eigenvalue weighted by Crippen LogP contribution is -2.32. The van der Waals surface area contributed by atoms with Crippen LogP contribution in [-0.2, 0) is 11.8 Å². The van der Waals surface area contributed by atoms with Gasteiger partial charge in [-0.1, -0.05) is 18.2 Å². The minimum absolute atomic E-state index is 0.0266. The van der Waals surface area contributed by atoms with Crippen LogP contribution >= 0.6 is 0 Å². The van der Waals surface area contributed by atoms with Gasteiger partial charge in [-0.05, 0) is 18.6 Å². The Morgan fingerprint density at radius 2 is 2.00 bits per heavy atom. The van der Waals surface area contributed by atoms with Gasteiger partial charge in [-0.15, -0.1) is 0 Å². The number of rotatable bonds is 6. The van der Waals surface area contributed by atoms with Crippen molar-refractivity contribution in [2.75, 3.05) is 11.4 Å². The maximum absolute atomic E-state index is 12.5. The van der Waals surface area contributed by atoms with E-state index in [-0.39, 0.29) is 12.3 Å². The van der Waals surface area contributed by atoms with Crippen LogP contribution in [0.25, 0.3) is 0 Å². The van der Waals surface area contributed by atoms with Crippen molar-refractivity contribution in [1.82, 2.24) is 9.55 Å². The zero-order chi connectivity index (χ0) is 15.2. The van der Waals surface area contributed by atoms with E-state index in [0.717, 1.165) is 5.69 Å². The van der Waals surface area contributed by atoms with Gasteiger partial charge in [0.25, 0.3) is 5.91 Å². The number of carbonyl (C=O) groups is 2. The molecule has 0 saturated heterocycles. The lowest BCUT2D eigenvalue weighted by atomic mass is 10.2. The maximum atomic E-state index is 12.5. The van der Waals surface area contributed by atoms with E-state index in [1.807, 2.05) is 30.3 Å². The molecular formula is C15H17N3O3. The lowest BCUT2D eigenvalue weighted by Gasteiger charge is -2.21. The van der Waals surface area contributed by atoms with Crippen molar-refractivity contribution >= 4 is 17.6 Å². The molecule has 0 unspecified atom stereocenters. The molecular weight excluding hydrogens is 270 g/mol. The number of carboxylic acid groups (broad SMARTS) is 1. The molecule has 0 spiro atoms. The molecule has 0 aliphatic rings. The van der Waals surface area contributed by atoms with Gasteiger partial charge in [-0.3, -0.25) is 9.59 Å². The smallest absolute Gasteiger partial charge is 0.303 e. The summed E-state index contributed by atoms with van der Waals surface area (Å²) in [7, 11) is 1.79. The van der Waals surface area contributed by atoms with Crippen molar-refractivity contribution in [3.05, 3.63) is 48.5 Å². The monoisotopic (exact) mass is 287 g/mol. The van der Waals surface area contributed by atoms with Crippen molar-refractivity contribution in [3.63, 3.8) is 0 Å². The van der Waals surface area contributed by atoms with Gasteiger partial charge < -0.3 is 14.6 Å². The maximum Gasteiger partial charge on any atom is 0.303 e. The third-order valence-electron chi connectivity index (χ3n) is 3.01. The summed E-state index contributed by atoms with van der Waals surface area (Å²) >= 11 is 0. The van der Waals surface area contributed by atoms with Crippen molar-refractivity contribution in [2.45, 2.75) is 12.8 Å². The average Bonchev–Trinajstić information content (AvgIpc) is 2.90. The second-order valence-electron chi connectivity index (χ2n) is 4.71. The number of amides is 1. The average molecular weight is 287 g/mol. The minimum atomic E-state index is -0.867. The predicted octanol–water partition coefficient (Wildman–Crippen LogP) is 1.93. The molecule has 0 aliphatic carbocycles. The van der Waals surface area contributed by atoms with Crippen LogP contribution in [-0.4, -0.2) is 33.1 Å². The number of imidazole rings is 1. The second kappa shape index (κ2) is 6.69. The Balaban J connectivity index is 2.19. The van der Waals surface area contributed by atoms with E-state index in [4.69, 9.17) is 5.11 Å². The number of benzene rings is 1. The molecule has 2 aromatic rings. The molecule has 0 bridgehead atoms. The summed E-state index contributed by atoms with van der Waals surface area (Å²) in [5.74, 6) is -1.10. The topological polar surface area (TPSA) is 75.4 Å². The summed E-state index contributed by atoms with van der Waals surface area (Å²) in [6.07, 6.45) is 3.63. The molecule has 1 aromatic heterocycles. The molecule has 0 atom stereocenters. The normalized spacial score (nSPS) is 10.3. The molecule has 1 heterocycles. The van der Waals surface area contributed by atoms with Crippen LogP contribution < -0.4 is 4.90 Å². The number of hydrogen-bond donors (Lipinski definition) is 1. The first-order valence-electron chi connectivity index (χ1n) is 6.64. The van der Waals surface area contributed by atoms with Crippen LogP contribution in [0.4, 0.5) is 5.69 Å². The number of aryl methyl sites for hydroxylation is 1. The van der Waals surface area contributed by atoms with Gasteiger partial charge in [0, 0.05) is 31.9 Å². The Hall–Kier alpha value is -2.63. The highest BCUT2D eigenvalue weighted by Gasteiger charge is 2.19. The fraction of sp³-hybridized carbons (Fsp3) is 0.267. The number of aliphatic carboxylic acids is 1.